The zero-order valence-corrected chi connectivity index (χ0v) is 18.4. The molecule has 0 saturated carbocycles. The molecule has 0 aliphatic carbocycles. The maximum atomic E-state index is 15.2. The second-order valence-corrected chi connectivity index (χ2v) is 7.87. The van der Waals surface area contributed by atoms with Gasteiger partial charge in [-0.3, -0.25) is 15.0 Å². The van der Waals surface area contributed by atoms with Crippen LogP contribution in [0.3, 0.4) is 0 Å². The highest BCUT2D eigenvalue weighted by Crippen LogP contribution is 2.43. The largest absolute Gasteiger partial charge is 0.261 e. The third-order valence-electron chi connectivity index (χ3n) is 5.65. The lowest BCUT2D eigenvalue weighted by molar-refractivity contribution is 0.585. The van der Waals surface area contributed by atoms with Gasteiger partial charge in [-0.1, -0.05) is 12.1 Å². The van der Waals surface area contributed by atoms with Crippen LogP contribution in [0.15, 0.2) is 85.3 Å². The molecule has 0 aliphatic heterocycles. The van der Waals surface area contributed by atoms with Gasteiger partial charge in [0, 0.05) is 53.1 Å². The van der Waals surface area contributed by atoms with Gasteiger partial charge in [0.1, 0.15) is 23.3 Å². The molecule has 3 nitrogen and oxygen atoms in total. The maximum Gasteiger partial charge on any atom is 0.136 e. The Bertz CT molecular complexity index is 1540. The van der Waals surface area contributed by atoms with E-state index in [4.69, 9.17) is 0 Å². The van der Waals surface area contributed by atoms with Crippen LogP contribution < -0.4 is 0 Å². The molecule has 0 spiro atoms. The Balaban J connectivity index is 1.87. The van der Waals surface area contributed by atoms with E-state index in [0.717, 1.165) is 12.1 Å². The van der Waals surface area contributed by atoms with Gasteiger partial charge in [-0.05, 0) is 66.1 Å². The van der Waals surface area contributed by atoms with E-state index >= 15 is 8.78 Å². The topological polar surface area (TPSA) is 38.7 Å². The van der Waals surface area contributed by atoms with Gasteiger partial charge >= 0.3 is 0 Å². The normalized spacial score (nSPS) is 11.0. The molecular weight excluding hydrogens is 454 g/mol. The van der Waals surface area contributed by atoms with Crippen molar-refractivity contribution in [1.29, 1.82) is 0 Å². The van der Waals surface area contributed by atoms with E-state index < -0.39 is 23.3 Å². The maximum absolute atomic E-state index is 15.2. The van der Waals surface area contributed by atoms with Crippen molar-refractivity contribution in [2.24, 2.45) is 0 Å². The van der Waals surface area contributed by atoms with Crippen LogP contribution in [0.5, 0.6) is 0 Å². The average molecular weight is 471 g/mol. The molecule has 0 amide bonds. The van der Waals surface area contributed by atoms with Crippen molar-refractivity contribution in [2.45, 2.75) is 6.92 Å². The lowest BCUT2D eigenvalue weighted by atomic mass is 9.87. The minimum Gasteiger partial charge on any atom is -0.261 e. The molecule has 3 aromatic heterocycles. The van der Waals surface area contributed by atoms with E-state index in [1.807, 2.05) is 0 Å². The second-order valence-electron chi connectivity index (χ2n) is 7.87. The molecule has 35 heavy (non-hydrogen) atoms. The van der Waals surface area contributed by atoms with E-state index in [1.54, 1.807) is 49.4 Å². The molecule has 0 aliphatic rings. The highest BCUT2D eigenvalue weighted by molar-refractivity contribution is 5.96. The number of aryl methyl sites for hydroxylation is 1. The van der Waals surface area contributed by atoms with Crippen molar-refractivity contribution in [3.8, 4) is 44.8 Å². The smallest absolute Gasteiger partial charge is 0.136 e. The van der Waals surface area contributed by atoms with Crippen molar-refractivity contribution in [1.82, 2.24) is 15.0 Å². The fourth-order valence-corrected chi connectivity index (χ4v) is 4.23. The van der Waals surface area contributed by atoms with Gasteiger partial charge in [0.25, 0.3) is 0 Å². The van der Waals surface area contributed by atoms with Crippen LogP contribution in [0.25, 0.3) is 44.8 Å². The Hall–Kier alpha value is -4.39. The van der Waals surface area contributed by atoms with Crippen molar-refractivity contribution in [3.63, 3.8) is 0 Å². The SMILES string of the molecule is Cc1nccc(-c2cc(F)cc(F)c2-c2ccccn2)c1-c1cc(F)cc(F)c1-c1ccccn1. The third kappa shape index (κ3) is 4.17. The monoisotopic (exact) mass is 471 g/mol. The quantitative estimate of drug-likeness (QED) is 0.256. The first-order chi connectivity index (χ1) is 16.9. The minimum absolute atomic E-state index is 0.0561. The number of benzene rings is 2. The van der Waals surface area contributed by atoms with Crippen LogP contribution in [-0.4, -0.2) is 15.0 Å². The van der Waals surface area contributed by atoms with E-state index in [0.29, 0.717) is 16.8 Å². The van der Waals surface area contributed by atoms with Gasteiger partial charge in [-0.15, -0.1) is 0 Å². The first-order valence-corrected chi connectivity index (χ1v) is 10.7. The summed E-state index contributed by atoms with van der Waals surface area (Å²) in [6, 6.07) is 15.4. The molecule has 7 heteroatoms. The first-order valence-electron chi connectivity index (χ1n) is 10.7. The third-order valence-corrected chi connectivity index (χ3v) is 5.65. The van der Waals surface area contributed by atoms with E-state index in [2.05, 4.69) is 15.0 Å². The molecule has 0 atom stereocenters. The Labute approximate surface area is 198 Å². The van der Waals surface area contributed by atoms with Gasteiger partial charge in [0.05, 0.1) is 11.4 Å². The predicted octanol–water partition coefficient (Wildman–Crippen LogP) is 7.40. The van der Waals surface area contributed by atoms with Gasteiger partial charge in [-0.25, -0.2) is 17.6 Å². The molecule has 0 radical (unpaired) electrons. The van der Waals surface area contributed by atoms with Crippen LogP contribution in [0.4, 0.5) is 17.6 Å². The molecule has 0 saturated heterocycles. The summed E-state index contributed by atoms with van der Waals surface area (Å²) in [5.74, 6) is -3.23. The number of nitrogens with zero attached hydrogens (tertiary/aromatic N) is 3. The van der Waals surface area contributed by atoms with Crippen molar-refractivity contribution < 1.29 is 17.6 Å². The summed E-state index contributed by atoms with van der Waals surface area (Å²) in [6.45, 7) is 1.67. The molecule has 5 rings (SSSR count). The second kappa shape index (κ2) is 9.10. The zero-order chi connectivity index (χ0) is 24.5. The van der Waals surface area contributed by atoms with Gasteiger partial charge in [0.2, 0.25) is 0 Å². The summed E-state index contributed by atoms with van der Waals surface area (Å²) < 4.78 is 59.4. The molecular formula is C28H17F4N3. The molecule has 0 fully saturated rings. The Kier molecular flexibility index (Phi) is 5.82. The van der Waals surface area contributed by atoms with Crippen molar-refractivity contribution in [3.05, 3.63) is 114 Å². The molecule has 3 heterocycles. The molecule has 172 valence electrons. The van der Waals surface area contributed by atoms with E-state index in [-0.39, 0.29) is 33.6 Å². The number of hydrogen-bond donors (Lipinski definition) is 0. The predicted molar refractivity (Wildman–Crippen MR) is 126 cm³/mol. The highest BCUT2D eigenvalue weighted by Gasteiger charge is 2.24. The Morgan fingerprint density at radius 2 is 1.06 bits per heavy atom. The lowest BCUT2D eigenvalue weighted by Crippen LogP contribution is -2.01. The summed E-state index contributed by atoms with van der Waals surface area (Å²) in [7, 11) is 0. The summed E-state index contributed by atoms with van der Waals surface area (Å²) in [4.78, 5) is 12.8. The Morgan fingerprint density at radius 3 is 1.60 bits per heavy atom. The number of halogens is 4. The molecule has 0 bridgehead atoms. The van der Waals surface area contributed by atoms with Gasteiger partial charge in [0.15, 0.2) is 0 Å². The van der Waals surface area contributed by atoms with Crippen molar-refractivity contribution >= 4 is 0 Å². The number of hydrogen-bond acceptors (Lipinski definition) is 3. The lowest BCUT2D eigenvalue weighted by Gasteiger charge is -2.19. The molecule has 0 N–H and O–H groups in total. The van der Waals surface area contributed by atoms with Gasteiger partial charge < -0.3 is 0 Å². The fourth-order valence-electron chi connectivity index (χ4n) is 4.23. The fraction of sp³-hybridized carbons (Fsp3) is 0.0357. The molecule has 2 aromatic carbocycles. The average Bonchev–Trinajstić information content (AvgIpc) is 2.84. The van der Waals surface area contributed by atoms with Crippen molar-refractivity contribution in [2.75, 3.05) is 0 Å². The van der Waals surface area contributed by atoms with Crippen LogP contribution in [0.2, 0.25) is 0 Å². The van der Waals surface area contributed by atoms with Crippen LogP contribution in [0, 0.1) is 30.2 Å². The van der Waals surface area contributed by atoms with Gasteiger partial charge in [-0.2, -0.15) is 0 Å². The minimum atomic E-state index is -0.816. The number of rotatable bonds is 4. The van der Waals surface area contributed by atoms with Crippen LogP contribution >= 0.6 is 0 Å². The summed E-state index contributed by atoms with van der Waals surface area (Å²) in [6.07, 6.45) is 4.48. The molecule has 5 aromatic rings. The summed E-state index contributed by atoms with van der Waals surface area (Å²) in [5.41, 5.74) is 2.13. The van der Waals surface area contributed by atoms with Crippen LogP contribution in [0.1, 0.15) is 5.69 Å². The number of aromatic nitrogens is 3. The van der Waals surface area contributed by atoms with E-state index in [9.17, 15) is 8.78 Å². The van der Waals surface area contributed by atoms with E-state index in [1.165, 1.54) is 30.7 Å². The standard InChI is InChI=1S/C28H17F4N3/c1-16-26(21-13-18(30)15-23(32)28(21)25-7-3-5-10-35-25)19(8-11-33-16)20-12-17(29)14-22(31)27(20)24-6-2-4-9-34-24/h2-15H,1H3. The molecule has 0 unspecified atom stereocenters. The first kappa shape index (κ1) is 22.4. The van der Waals surface area contributed by atoms with Crippen LogP contribution in [-0.2, 0) is 0 Å². The number of pyridine rings is 3. The highest BCUT2D eigenvalue weighted by atomic mass is 19.1. The Morgan fingerprint density at radius 1 is 0.514 bits per heavy atom. The summed E-state index contributed by atoms with van der Waals surface area (Å²) >= 11 is 0. The zero-order valence-electron chi connectivity index (χ0n) is 18.4. The summed E-state index contributed by atoms with van der Waals surface area (Å²) in [5, 5.41) is 0.